The van der Waals surface area contributed by atoms with Crippen molar-refractivity contribution in [1.29, 1.82) is 0 Å². The molecule has 0 aromatic carbocycles. The number of amides is 1. The van der Waals surface area contributed by atoms with Gasteiger partial charge in [-0.05, 0) is 30.0 Å². The molecule has 7 nitrogen and oxygen atoms in total. The molecule has 20 heavy (non-hydrogen) atoms. The summed E-state index contributed by atoms with van der Waals surface area (Å²) in [6, 6.07) is 4.20. The number of nitro groups is 1. The second-order valence-electron chi connectivity index (χ2n) is 4.09. The van der Waals surface area contributed by atoms with E-state index in [2.05, 4.69) is 5.32 Å². The highest BCUT2D eigenvalue weighted by molar-refractivity contribution is 7.10. The zero-order valence-electron chi connectivity index (χ0n) is 10.5. The number of rotatable bonds is 5. The van der Waals surface area contributed by atoms with Crippen LogP contribution in [0.25, 0.3) is 0 Å². The lowest BCUT2D eigenvalue weighted by molar-refractivity contribution is -0.402. The number of hydrogen-bond donors (Lipinski definition) is 2. The van der Waals surface area contributed by atoms with E-state index in [0.29, 0.717) is 0 Å². The minimum absolute atomic E-state index is 0.00862. The number of furan rings is 1. The first-order valence-corrected chi connectivity index (χ1v) is 6.61. The summed E-state index contributed by atoms with van der Waals surface area (Å²) >= 11 is 1.40. The monoisotopic (exact) mass is 296 g/mol. The van der Waals surface area contributed by atoms with E-state index >= 15 is 0 Å². The molecule has 1 atom stereocenters. The summed E-state index contributed by atoms with van der Waals surface area (Å²) in [7, 11) is 0. The molecule has 0 aliphatic rings. The minimum atomic E-state index is -0.816. The quantitative estimate of drug-likeness (QED) is 0.648. The normalized spacial score (nSPS) is 12.1. The van der Waals surface area contributed by atoms with E-state index in [1.165, 1.54) is 17.4 Å². The highest BCUT2D eigenvalue weighted by atomic mass is 32.1. The van der Waals surface area contributed by atoms with Gasteiger partial charge >= 0.3 is 5.88 Å². The second-order valence-corrected chi connectivity index (χ2v) is 5.04. The number of aryl methyl sites for hydroxylation is 1. The smallest absolute Gasteiger partial charge is 0.395 e. The third-order valence-corrected chi connectivity index (χ3v) is 3.78. The van der Waals surface area contributed by atoms with Crippen molar-refractivity contribution in [2.24, 2.45) is 0 Å². The maximum absolute atomic E-state index is 11.7. The Hall–Kier alpha value is -2.19. The van der Waals surface area contributed by atoms with Crippen molar-refractivity contribution >= 4 is 23.1 Å². The van der Waals surface area contributed by atoms with Gasteiger partial charge in [-0.2, -0.15) is 0 Å². The van der Waals surface area contributed by atoms with Gasteiger partial charge in [0, 0.05) is 11.4 Å². The van der Waals surface area contributed by atoms with Crippen molar-refractivity contribution in [2.45, 2.75) is 13.0 Å². The molecule has 0 radical (unpaired) electrons. The highest BCUT2D eigenvalue weighted by Crippen LogP contribution is 2.23. The minimum Gasteiger partial charge on any atom is -0.395 e. The van der Waals surface area contributed by atoms with Crippen LogP contribution in [0.15, 0.2) is 28.0 Å². The standard InChI is InChI=1S/C12H12N2O5S/c1-7-4-5-20-11(7)8(15)6-13-12(16)9-2-3-10(19-9)14(17)18/h2-5,8,15H,6H2,1H3,(H,13,16). The van der Waals surface area contributed by atoms with E-state index in [4.69, 9.17) is 4.42 Å². The lowest BCUT2D eigenvalue weighted by atomic mass is 10.2. The number of nitrogens with one attached hydrogen (secondary N) is 1. The topological polar surface area (TPSA) is 106 Å². The largest absolute Gasteiger partial charge is 0.433 e. The average Bonchev–Trinajstić information content (AvgIpc) is 3.04. The van der Waals surface area contributed by atoms with Gasteiger partial charge < -0.3 is 14.8 Å². The number of nitrogens with zero attached hydrogens (tertiary/aromatic N) is 1. The SMILES string of the molecule is Cc1ccsc1C(O)CNC(=O)c1ccc([N+](=O)[O-])o1. The molecule has 1 unspecified atom stereocenters. The Morgan fingerprint density at radius 1 is 1.55 bits per heavy atom. The first-order chi connectivity index (χ1) is 9.49. The van der Waals surface area contributed by atoms with Crippen LogP contribution in [0.3, 0.4) is 0 Å². The Labute approximate surface area is 118 Å². The lowest BCUT2D eigenvalue weighted by Gasteiger charge is -2.10. The number of hydrogen-bond acceptors (Lipinski definition) is 6. The first kappa shape index (κ1) is 14.2. The van der Waals surface area contributed by atoms with E-state index in [1.54, 1.807) is 0 Å². The summed E-state index contributed by atoms with van der Waals surface area (Å²) in [5, 5.41) is 24.7. The van der Waals surface area contributed by atoms with Gasteiger partial charge in [0.25, 0.3) is 5.91 Å². The van der Waals surface area contributed by atoms with E-state index < -0.39 is 22.8 Å². The Morgan fingerprint density at radius 2 is 2.30 bits per heavy atom. The predicted molar refractivity (Wildman–Crippen MR) is 71.7 cm³/mol. The Balaban J connectivity index is 1.95. The summed E-state index contributed by atoms with van der Waals surface area (Å²) < 4.78 is 4.76. The van der Waals surface area contributed by atoms with E-state index in [1.807, 2.05) is 18.4 Å². The number of carbonyl (C=O) groups is 1. The molecule has 0 spiro atoms. The van der Waals surface area contributed by atoms with Gasteiger partial charge in [-0.3, -0.25) is 14.9 Å². The number of aliphatic hydroxyl groups is 1. The molecule has 2 heterocycles. The van der Waals surface area contributed by atoms with Gasteiger partial charge in [0.05, 0.1) is 6.07 Å². The molecule has 8 heteroatoms. The van der Waals surface area contributed by atoms with Crippen molar-refractivity contribution in [3.05, 3.63) is 49.9 Å². The molecule has 0 saturated heterocycles. The highest BCUT2D eigenvalue weighted by Gasteiger charge is 2.19. The molecule has 2 rings (SSSR count). The molecule has 0 bridgehead atoms. The fraction of sp³-hybridized carbons (Fsp3) is 0.250. The molecule has 0 aliphatic heterocycles. The fourth-order valence-electron chi connectivity index (χ4n) is 1.64. The van der Waals surface area contributed by atoms with Crippen molar-refractivity contribution in [2.75, 3.05) is 6.54 Å². The zero-order valence-corrected chi connectivity index (χ0v) is 11.3. The predicted octanol–water partition coefficient (Wildman–Crippen LogP) is 2.02. The van der Waals surface area contributed by atoms with Gasteiger partial charge in [0.2, 0.25) is 0 Å². The number of thiophene rings is 1. The second kappa shape index (κ2) is 5.85. The van der Waals surface area contributed by atoms with Gasteiger partial charge in [-0.15, -0.1) is 11.3 Å². The molecule has 2 aromatic rings. The molecule has 0 aliphatic carbocycles. The summed E-state index contributed by atoms with van der Waals surface area (Å²) in [6.07, 6.45) is -0.816. The average molecular weight is 296 g/mol. The van der Waals surface area contributed by atoms with Crippen LogP contribution in [0.2, 0.25) is 0 Å². The molecule has 1 amide bonds. The van der Waals surface area contributed by atoms with Gasteiger partial charge in [0.1, 0.15) is 11.0 Å². The summed E-state index contributed by atoms with van der Waals surface area (Å²) in [5.41, 5.74) is 0.949. The van der Waals surface area contributed by atoms with Crippen LogP contribution in [0.4, 0.5) is 5.88 Å². The fourth-order valence-corrected chi connectivity index (χ4v) is 2.56. The summed E-state index contributed by atoms with van der Waals surface area (Å²) in [5.74, 6) is -1.26. The van der Waals surface area contributed by atoms with Crippen LogP contribution in [0, 0.1) is 17.0 Å². The van der Waals surface area contributed by atoms with E-state index in [-0.39, 0.29) is 12.3 Å². The van der Waals surface area contributed by atoms with E-state index in [0.717, 1.165) is 16.5 Å². The van der Waals surface area contributed by atoms with Crippen LogP contribution >= 0.6 is 11.3 Å². The molecule has 106 valence electrons. The van der Waals surface area contributed by atoms with Crippen LogP contribution in [-0.4, -0.2) is 22.5 Å². The lowest BCUT2D eigenvalue weighted by Crippen LogP contribution is -2.27. The molecule has 0 fully saturated rings. The Bertz CT molecular complexity index is 633. The molecule has 2 N–H and O–H groups in total. The maximum Gasteiger partial charge on any atom is 0.433 e. The molecular weight excluding hydrogens is 284 g/mol. The van der Waals surface area contributed by atoms with Gasteiger partial charge in [-0.25, -0.2) is 0 Å². The summed E-state index contributed by atoms with van der Waals surface area (Å²) in [6.45, 7) is 1.88. The number of carbonyl (C=O) groups excluding carboxylic acids is 1. The van der Waals surface area contributed by atoms with Crippen molar-refractivity contribution in [3.8, 4) is 0 Å². The van der Waals surface area contributed by atoms with Crippen LogP contribution in [0.5, 0.6) is 0 Å². The molecule has 2 aromatic heterocycles. The molecule has 0 saturated carbocycles. The van der Waals surface area contributed by atoms with Crippen LogP contribution in [0.1, 0.15) is 27.1 Å². The van der Waals surface area contributed by atoms with Gasteiger partial charge in [0.15, 0.2) is 5.76 Å². The third-order valence-electron chi connectivity index (χ3n) is 2.66. The van der Waals surface area contributed by atoms with Gasteiger partial charge in [-0.1, -0.05) is 0 Å². The van der Waals surface area contributed by atoms with Crippen LogP contribution < -0.4 is 5.32 Å². The summed E-state index contributed by atoms with van der Waals surface area (Å²) in [4.78, 5) is 22.2. The first-order valence-electron chi connectivity index (χ1n) is 5.73. The van der Waals surface area contributed by atoms with Crippen LogP contribution in [-0.2, 0) is 0 Å². The third kappa shape index (κ3) is 3.03. The van der Waals surface area contributed by atoms with Crippen molar-refractivity contribution < 1.29 is 19.2 Å². The Kier molecular flexibility index (Phi) is 4.16. The maximum atomic E-state index is 11.7. The number of aliphatic hydroxyl groups excluding tert-OH is 1. The van der Waals surface area contributed by atoms with Crippen molar-refractivity contribution in [3.63, 3.8) is 0 Å². The molecular formula is C12H12N2O5S. The zero-order chi connectivity index (χ0) is 14.7. The van der Waals surface area contributed by atoms with Crippen molar-refractivity contribution in [1.82, 2.24) is 5.32 Å². The Morgan fingerprint density at radius 3 is 2.85 bits per heavy atom. The van der Waals surface area contributed by atoms with E-state index in [9.17, 15) is 20.0 Å².